The summed E-state index contributed by atoms with van der Waals surface area (Å²) in [5.41, 5.74) is 0. The van der Waals surface area contributed by atoms with E-state index in [0.29, 0.717) is 0 Å². The molecular weight excluding hydrogens is 168 g/mol. The SMILES string of the molecule is OB(O)OC1C(F)OC1(F)F. The summed E-state index contributed by atoms with van der Waals surface area (Å²) in [6, 6.07) is 0. The zero-order chi connectivity index (χ0) is 8.65. The molecule has 0 amide bonds. The molecule has 0 aromatic heterocycles. The second-order valence-electron chi connectivity index (χ2n) is 1.91. The van der Waals surface area contributed by atoms with Crippen molar-refractivity contribution in [2.24, 2.45) is 0 Å². The van der Waals surface area contributed by atoms with Crippen LogP contribution in [0.3, 0.4) is 0 Å². The maximum atomic E-state index is 12.0. The van der Waals surface area contributed by atoms with Crippen LogP contribution < -0.4 is 0 Å². The van der Waals surface area contributed by atoms with Crippen LogP contribution in [0.15, 0.2) is 0 Å². The van der Waals surface area contributed by atoms with E-state index in [2.05, 4.69) is 9.39 Å². The van der Waals surface area contributed by atoms with Crippen molar-refractivity contribution in [3.63, 3.8) is 0 Å². The van der Waals surface area contributed by atoms with Crippen molar-refractivity contribution in [1.29, 1.82) is 0 Å². The van der Waals surface area contributed by atoms with Crippen LogP contribution in [0.1, 0.15) is 0 Å². The van der Waals surface area contributed by atoms with E-state index >= 15 is 0 Å². The fraction of sp³-hybridized carbons (Fsp3) is 1.00. The van der Waals surface area contributed by atoms with Crippen molar-refractivity contribution < 1.29 is 32.6 Å². The average Bonchev–Trinajstić information content (AvgIpc) is 1.82. The van der Waals surface area contributed by atoms with Crippen LogP contribution in [0, 0.1) is 0 Å². The molecule has 0 aliphatic carbocycles. The Morgan fingerprint density at radius 3 is 2.18 bits per heavy atom. The normalized spacial score (nSPS) is 34.6. The molecule has 0 spiro atoms. The summed E-state index contributed by atoms with van der Waals surface area (Å²) < 4.78 is 43.0. The number of halogens is 3. The van der Waals surface area contributed by atoms with Gasteiger partial charge >= 0.3 is 13.4 Å². The lowest BCUT2D eigenvalue weighted by atomic mass is 10.2. The molecule has 2 atom stereocenters. The molecule has 1 rings (SSSR count). The monoisotopic (exact) mass is 172 g/mol. The third-order valence-corrected chi connectivity index (χ3v) is 1.11. The van der Waals surface area contributed by atoms with Gasteiger partial charge in [-0.05, 0) is 0 Å². The van der Waals surface area contributed by atoms with E-state index in [4.69, 9.17) is 10.0 Å². The maximum Gasteiger partial charge on any atom is 0.634 e. The highest BCUT2D eigenvalue weighted by Gasteiger charge is 2.61. The number of ether oxygens (including phenoxy) is 1. The Labute approximate surface area is 59.7 Å². The molecule has 0 saturated carbocycles. The van der Waals surface area contributed by atoms with Crippen LogP contribution >= 0.6 is 0 Å². The first-order valence-corrected chi connectivity index (χ1v) is 2.65. The number of hydrogen-bond acceptors (Lipinski definition) is 4. The minimum Gasteiger partial charge on any atom is -0.402 e. The van der Waals surface area contributed by atoms with E-state index in [9.17, 15) is 13.2 Å². The maximum absolute atomic E-state index is 12.0. The summed E-state index contributed by atoms with van der Waals surface area (Å²) in [6.07, 6.45) is -8.32. The molecule has 0 aromatic rings. The zero-order valence-corrected chi connectivity index (χ0v) is 5.08. The van der Waals surface area contributed by atoms with Crippen LogP contribution in [0.25, 0.3) is 0 Å². The molecule has 2 N–H and O–H groups in total. The highest BCUT2D eigenvalue weighted by atomic mass is 19.3. The highest BCUT2D eigenvalue weighted by Crippen LogP contribution is 2.38. The quantitative estimate of drug-likeness (QED) is 0.538. The third-order valence-electron chi connectivity index (χ3n) is 1.11. The molecule has 1 aliphatic rings. The van der Waals surface area contributed by atoms with E-state index in [1.54, 1.807) is 0 Å². The van der Waals surface area contributed by atoms with Gasteiger partial charge in [0.1, 0.15) is 0 Å². The lowest BCUT2D eigenvalue weighted by Gasteiger charge is -2.38. The van der Waals surface area contributed by atoms with Gasteiger partial charge in [-0.25, -0.2) is 4.39 Å². The van der Waals surface area contributed by atoms with Crippen molar-refractivity contribution in [2.75, 3.05) is 0 Å². The largest absolute Gasteiger partial charge is 0.634 e. The standard InChI is InChI=1S/C3H4BF3O4/c5-2-1(11-4(8)9)3(6,7)10-2/h1-2,8-9H. The fourth-order valence-corrected chi connectivity index (χ4v) is 0.631. The second kappa shape index (κ2) is 2.63. The summed E-state index contributed by atoms with van der Waals surface area (Å²) in [5, 5.41) is 16.0. The molecule has 1 fully saturated rings. The first kappa shape index (κ1) is 8.79. The molecule has 0 bridgehead atoms. The first-order valence-electron chi connectivity index (χ1n) is 2.65. The number of rotatable bonds is 2. The second-order valence-corrected chi connectivity index (χ2v) is 1.91. The van der Waals surface area contributed by atoms with E-state index in [0.717, 1.165) is 0 Å². The first-order chi connectivity index (χ1) is 4.93. The van der Waals surface area contributed by atoms with E-state index < -0.39 is 25.9 Å². The van der Waals surface area contributed by atoms with Gasteiger partial charge in [0.25, 0.3) is 0 Å². The van der Waals surface area contributed by atoms with Gasteiger partial charge in [-0.2, -0.15) is 8.78 Å². The molecule has 1 aliphatic heterocycles. The Morgan fingerprint density at radius 2 is 2.00 bits per heavy atom. The zero-order valence-electron chi connectivity index (χ0n) is 5.08. The van der Waals surface area contributed by atoms with E-state index in [-0.39, 0.29) is 0 Å². The summed E-state index contributed by atoms with van der Waals surface area (Å²) in [5.74, 6) is 0. The average molecular weight is 172 g/mol. The summed E-state index contributed by atoms with van der Waals surface area (Å²) in [7, 11) is -2.42. The number of hydrogen-bond donors (Lipinski definition) is 2. The number of alkyl halides is 3. The molecule has 1 heterocycles. The van der Waals surface area contributed by atoms with Crippen LogP contribution in [-0.4, -0.2) is 35.9 Å². The summed E-state index contributed by atoms with van der Waals surface area (Å²) in [4.78, 5) is 0. The van der Waals surface area contributed by atoms with Crippen molar-refractivity contribution in [3.05, 3.63) is 0 Å². The Bertz CT molecular complexity index is 154. The lowest BCUT2D eigenvalue weighted by molar-refractivity contribution is -0.435. The van der Waals surface area contributed by atoms with Crippen molar-refractivity contribution >= 4 is 7.32 Å². The molecule has 0 aromatic carbocycles. The Hall–Kier alpha value is -0.305. The highest BCUT2D eigenvalue weighted by molar-refractivity contribution is 6.32. The van der Waals surface area contributed by atoms with E-state index in [1.807, 2.05) is 0 Å². The predicted molar refractivity (Wildman–Crippen MR) is 26.0 cm³/mol. The van der Waals surface area contributed by atoms with Gasteiger partial charge in [0, 0.05) is 0 Å². The minimum atomic E-state index is -3.77. The van der Waals surface area contributed by atoms with Crippen LogP contribution in [0.5, 0.6) is 0 Å². The van der Waals surface area contributed by atoms with Gasteiger partial charge in [0.15, 0.2) is 6.10 Å². The van der Waals surface area contributed by atoms with Gasteiger partial charge in [-0.1, -0.05) is 0 Å². The van der Waals surface area contributed by atoms with Crippen molar-refractivity contribution in [3.8, 4) is 0 Å². The predicted octanol–water partition coefficient (Wildman–Crippen LogP) is -0.740. The summed E-state index contributed by atoms with van der Waals surface area (Å²) in [6.45, 7) is 0. The Balaban J connectivity index is 2.43. The third kappa shape index (κ3) is 1.64. The van der Waals surface area contributed by atoms with Crippen molar-refractivity contribution in [2.45, 2.75) is 18.6 Å². The Morgan fingerprint density at radius 1 is 1.45 bits per heavy atom. The van der Waals surface area contributed by atoms with Crippen LogP contribution in [0.2, 0.25) is 0 Å². The smallest absolute Gasteiger partial charge is 0.402 e. The molecule has 1 saturated heterocycles. The Kier molecular flexibility index (Phi) is 2.10. The molecular formula is C3H4BF3O4. The molecule has 8 heteroatoms. The summed E-state index contributed by atoms with van der Waals surface area (Å²) >= 11 is 0. The fourth-order valence-electron chi connectivity index (χ4n) is 0.631. The van der Waals surface area contributed by atoms with Gasteiger partial charge in [0.2, 0.25) is 6.36 Å². The topological polar surface area (TPSA) is 58.9 Å². The van der Waals surface area contributed by atoms with Gasteiger partial charge < -0.3 is 14.7 Å². The minimum absolute atomic E-state index is 2.23. The van der Waals surface area contributed by atoms with Crippen LogP contribution in [-0.2, 0) is 9.39 Å². The molecule has 11 heavy (non-hydrogen) atoms. The van der Waals surface area contributed by atoms with Gasteiger partial charge in [0.05, 0.1) is 0 Å². The molecule has 2 unspecified atom stereocenters. The van der Waals surface area contributed by atoms with Crippen molar-refractivity contribution in [1.82, 2.24) is 0 Å². The lowest BCUT2D eigenvalue weighted by Crippen LogP contribution is -2.60. The van der Waals surface area contributed by atoms with E-state index in [1.165, 1.54) is 0 Å². The molecule has 0 radical (unpaired) electrons. The van der Waals surface area contributed by atoms with Crippen LogP contribution in [0.4, 0.5) is 13.2 Å². The van der Waals surface area contributed by atoms with Gasteiger partial charge in [-0.3, -0.25) is 4.74 Å². The van der Waals surface area contributed by atoms with Gasteiger partial charge in [-0.15, -0.1) is 0 Å². The molecule has 4 nitrogen and oxygen atoms in total. The molecule has 64 valence electrons.